The molecule has 1 aliphatic heterocycles. The zero-order valence-electron chi connectivity index (χ0n) is 13.8. The summed E-state index contributed by atoms with van der Waals surface area (Å²) in [7, 11) is 1.93. The maximum absolute atomic E-state index is 6.18. The molecular formula is C18H25N5. The third-order valence-corrected chi connectivity index (χ3v) is 4.32. The summed E-state index contributed by atoms with van der Waals surface area (Å²) < 4.78 is 1.82. The lowest BCUT2D eigenvalue weighted by molar-refractivity contribution is 0.428. The first-order chi connectivity index (χ1) is 11.2. The molecule has 1 fully saturated rings. The molecule has 2 heterocycles. The predicted octanol–water partition coefficient (Wildman–Crippen LogP) is 2.78. The second kappa shape index (κ2) is 7.31. The average molecular weight is 311 g/mol. The number of nitrogens with zero attached hydrogens (tertiary/aromatic N) is 4. The molecule has 0 spiro atoms. The molecule has 5 heteroatoms. The van der Waals surface area contributed by atoms with Crippen molar-refractivity contribution >= 4 is 5.96 Å². The van der Waals surface area contributed by atoms with Crippen molar-refractivity contribution in [3.63, 3.8) is 0 Å². The van der Waals surface area contributed by atoms with Crippen LogP contribution in [0.3, 0.4) is 0 Å². The van der Waals surface area contributed by atoms with Crippen molar-refractivity contribution in [3.8, 4) is 11.1 Å². The Hall–Kier alpha value is -2.30. The second-order valence-electron chi connectivity index (χ2n) is 6.18. The molecule has 1 aliphatic rings. The Balaban J connectivity index is 1.69. The highest BCUT2D eigenvalue weighted by Gasteiger charge is 2.10. The van der Waals surface area contributed by atoms with Gasteiger partial charge < -0.3 is 10.6 Å². The van der Waals surface area contributed by atoms with Gasteiger partial charge in [0.25, 0.3) is 0 Å². The van der Waals surface area contributed by atoms with Crippen molar-refractivity contribution in [2.75, 3.05) is 13.1 Å². The Kier molecular flexibility index (Phi) is 4.95. The van der Waals surface area contributed by atoms with Crippen LogP contribution in [0, 0.1) is 0 Å². The lowest BCUT2D eigenvalue weighted by atomic mass is 10.1. The van der Waals surface area contributed by atoms with Crippen LogP contribution in [0.4, 0.5) is 0 Å². The molecule has 23 heavy (non-hydrogen) atoms. The molecule has 2 aromatic rings. The van der Waals surface area contributed by atoms with Gasteiger partial charge in [0.05, 0.1) is 12.7 Å². The molecule has 1 aromatic heterocycles. The standard InChI is InChI=1S/C18H25N5/c1-22-14-17(13-21-22)16-8-6-7-15(11-16)12-20-18(19)23-9-4-2-3-5-10-23/h6-8,11,13-14H,2-5,9-10,12H2,1H3,(H2,19,20). The highest BCUT2D eigenvalue weighted by Crippen LogP contribution is 2.20. The van der Waals surface area contributed by atoms with Crippen molar-refractivity contribution in [1.82, 2.24) is 14.7 Å². The number of guanidine groups is 1. The molecule has 0 radical (unpaired) electrons. The number of rotatable bonds is 3. The Labute approximate surface area is 137 Å². The SMILES string of the molecule is Cn1cc(-c2cccc(CN=C(N)N3CCCCCC3)c2)cn1. The van der Waals surface area contributed by atoms with Crippen LogP contribution in [-0.2, 0) is 13.6 Å². The predicted molar refractivity (Wildman–Crippen MR) is 94.0 cm³/mol. The van der Waals surface area contributed by atoms with Crippen molar-refractivity contribution in [1.29, 1.82) is 0 Å². The van der Waals surface area contributed by atoms with Gasteiger partial charge in [-0.3, -0.25) is 4.68 Å². The molecule has 2 N–H and O–H groups in total. The van der Waals surface area contributed by atoms with Crippen LogP contribution >= 0.6 is 0 Å². The minimum atomic E-state index is 0.621. The lowest BCUT2D eigenvalue weighted by Gasteiger charge is -2.21. The van der Waals surface area contributed by atoms with Crippen molar-refractivity contribution in [3.05, 3.63) is 42.2 Å². The van der Waals surface area contributed by atoms with Crippen molar-refractivity contribution in [2.45, 2.75) is 32.2 Å². The molecule has 0 amide bonds. The fourth-order valence-electron chi connectivity index (χ4n) is 2.99. The van der Waals surface area contributed by atoms with Gasteiger partial charge in [-0.15, -0.1) is 0 Å². The first-order valence-electron chi connectivity index (χ1n) is 8.35. The molecule has 3 rings (SSSR count). The van der Waals surface area contributed by atoms with E-state index in [1.165, 1.54) is 36.8 Å². The number of nitrogens with two attached hydrogens (primary N) is 1. The Bertz CT molecular complexity index is 666. The van der Waals surface area contributed by atoms with Gasteiger partial charge in [0.2, 0.25) is 0 Å². The van der Waals surface area contributed by atoms with E-state index in [-0.39, 0.29) is 0 Å². The maximum Gasteiger partial charge on any atom is 0.191 e. The van der Waals surface area contributed by atoms with Crippen LogP contribution in [0.2, 0.25) is 0 Å². The van der Waals surface area contributed by atoms with E-state index in [0.717, 1.165) is 18.7 Å². The summed E-state index contributed by atoms with van der Waals surface area (Å²) in [6.45, 7) is 2.69. The van der Waals surface area contributed by atoms with E-state index in [0.29, 0.717) is 12.5 Å². The normalized spacial score (nSPS) is 16.4. The number of aromatic nitrogens is 2. The van der Waals surface area contributed by atoms with Gasteiger partial charge in [-0.05, 0) is 30.0 Å². The van der Waals surface area contributed by atoms with Gasteiger partial charge in [0, 0.05) is 31.9 Å². The van der Waals surface area contributed by atoms with Crippen LogP contribution in [-0.4, -0.2) is 33.7 Å². The lowest BCUT2D eigenvalue weighted by Crippen LogP contribution is -2.38. The van der Waals surface area contributed by atoms with Crippen LogP contribution in [0.5, 0.6) is 0 Å². The van der Waals surface area contributed by atoms with E-state index >= 15 is 0 Å². The van der Waals surface area contributed by atoms with E-state index < -0.39 is 0 Å². The summed E-state index contributed by atoms with van der Waals surface area (Å²) in [6, 6.07) is 8.42. The van der Waals surface area contributed by atoms with E-state index in [1.54, 1.807) is 0 Å². The number of hydrogen-bond acceptors (Lipinski definition) is 2. The maximum atomic E-state index is 6.18. The minimum absolute atomic E-state index is 0.621. The first-order valence-corrected chi connectivity index (χ1v) is 8.35. The van der Waals surface area contributed by atoms with E-state index in [1.807, 2.05) is 24.1 Å². The molecule has 5 nitrogen and oxygen atoms in total. The molecule has 0 saturated carbocycles. The third kappa shape index (κ3) is 4.12. The first kappa shape index (κ1) is 15.6. The zero-order valence-corrected chi connectivity index (χ0v) is 13.8. The fourth-order valence-corrected chi connectivity index (χ4v) is 2.99. The van der Waals surface area contributed by atoms with Gasteiger partial charge >= 0.3 is 0 Å². The van der Waals surface area contributed by atoms with Crippen LogP contribution < -0.4 is 5.73 Å². The quantitative estimate of drug-likeness (QED) is 0.700. The Morgan fingerprint density at radius 3 is 2.65 bits per heavy atom. The molecule has 0 bridgehead atoms. The molecule has 1 aromatic carbocycles. The molecule has 0 atom stereocenters. The summed E-state index contributed by atoms with van der Waals surface area (Å²) in [5, 5.41) is 4.23. The minimum Gasteiger partial charge on any atom is -0.370 e. The van der Waals surface area contributed by atoms with Crippen LogP contribution in [0.1, 0.15) is 31.2 Å². The van der Waals surface area contributed by atoms with Gasteiger partial charge in [-0.1, -0.05) is 31.0 Å². The molecule has 0 aliphatic carbocycles. The number of aryl methyl sites for hydroxylation is 1. The van der Waals surface area contributed by atoms with E-state index in [9.17, 15) is 0 Å². The number of benzene rings is 1. The average Bonchev–Trinajstić information content (AvgIpc) is 2.84. The fraction of sp³-hybridized carbons (Fsp3) is 0.444. The summed E-state index contributed by atoms with van der Waals surface area (Å²) in [6.07, 6.45) is 8.94. The summed E-state index contributed by atoms with van der Waals surface area (Å²) in [5.74, 6) is 0.679. The smallest absolute Gasteiger partial charge is 0.191 e. The number of aliphatic imine (C=N–C) groups is 1. The third-order valence-electron chi connectivity index (χ3n) is 4.32. The topological polar surface area (TPSA) is 59.4 Å². The highest BCUT2D eigenvalue weighted by molar-refractivity contribution is 5.78. The number of hydrogen-bond donors (Lipinski definition) is 1. The highest BCUT2D eigenvalue weighted by atomic mass is 15.2. The van der Waals surface area contributed by atoms with E-state index in [4.69, 9.17) is 5.73 Å². The Morgan fingerprint density at radius 1 is 1.17 bits per heavy atom. The molecule has 1 saturated heterocycles. The largest absolute Gasteiger partial charge is 0.370 e. The monoisotopic (exact) mass is 311 g/mol. The van der Waals surface area contributed by atoms with E-state index in [2.05, 4.69) is 39.3 Å². The van der Waals surface area contributed by atoms with Gasteiger partial charge in [-0.25, -0.2) is 4.99 Å². The van der Waals surface area contributed by atoms with Crippen molar-refractivity contribution in [2.24, 2.45) is 17.8 Å². The zero-order chi connectivity index (χ0) is 16.1. The van der Waals surface area contributed by atoms with Crippen LogP contribution in [0.15, 0.2) is 41.7 Å². The van der Waals surface area contributed by atoms with Gasteiger partial charge in [0.1, 0.15) is 0 Å². The molecule has 0 unspecified atom stereocenters. The molecule has 122 valence electrons. The summed E-state index contributed by atoms with van der Waals surface area (Å²) in [4.78, 5) is 6.82. The summed E-state index contributed by atoms with van der Waals surface area (Å²) >= 11 is 0. The van der Waals surface area contributed by atoms with Crippen molar-refractivity contribution < 1.29 is 0 Å². The summed E-state index contributed by atoms with van der Waals surface area (Å²) in [5.41, 5.74) is 9.64. The Morgan fingerprint density at radius 2 is 1.96 bits per heavy atom. The van der Waals surface area contributed by atoms with Crippen LogP contribution in [0.25, 0.3) is 11.1 Å². The molecular weight excluding hydrogens is 286 g/mol. The second-order valence-corrected chi connectivity index (χ2v) is 6.18. The van der Waals surface area contributed by atoms with Gasteiger partial charge in [-0.2, -0.15) is 5.10 Å². The van der Waals surface area contributed by atoms with Gasteiger partial charge in [0.15, 0.2) is 5.96 Å². The number of likely N-dealkylation sites (tertiary alicyclic amines) is 1.